The topological polar surface area (TPSA) is 82.0 Å². The van der Waals surface area contributed by atoms with Gasteiger partial charge in [0.1, 0.15) is 22.7 Å². The van der Waals surface area contributed by atoms with Crippen molar-refractivity contribution in [1.82, 2.24) is 19.7 Å². The van der Waals surface area contributed by atoms with Gasteiger partial charge in [-0.15, -0.1) is 0 Å². The fraction of sp³-hybridized carbons (Fsp3) is 0.125. The summed E-state index contributed by atoms with van der Waals surface area (Å²) in [6.45, 7) is 0. The Labute approximate surface area is 177 Å². The van der Waals surface area contributed by atoms with Crippen molar-refractivity contribution >= 4 is 21.9 Å². The number of hydrogen-bond acceptors (Lipinski definition) is 5. The zero-order valence-electron chi connectivity index (χ0n) is 17.1. The van der Waals surface area contributed by atoms with E-state index >= 15 is 0 Å². The van der Waals surface area contributed by atoms with E-state index in [0.29, 0.717) is 34.5 Å². The van der Waals surface area contributed by atoms with Crippen molar-refractivity contribution in [2.45, 2.75) is 6.42 Å². The molecule has 7 nitrogen and oxygen atoms in total. The summed E-state index contributed by atoms with van der Waals surface area (Å²) >= 11 is 0. The molecule has 0 fully saturated rings. The van der Waals surface area contributed by atoms with E-state index in [1.807, 2.05) is 60.7 Å². The molecule has 31 heavy (non-hydrogen) atoms. The Morgan fingerprint density at radius 3 is 2.42 bits per heavy atom. The predicted molar refractivity (Wildman–Crippen MR) is 119 cm³/mol. The summed E-state index contributed by atoms with van der Waals surface area (Å²) < 4.78 is 12.4. The van der Waals surface area contributed by atoms with Crippen LogP contribution in [0.15, 0.2) is 71.7 Å². The molecule has 0 aliphatic heterocycles. The number of H-pyrrole nitrogens is 1. The smallest absolute Gasteiger partial charge is 0.268 e. The van der Waals surface area contributed by atoms with E-state index in [-0.39, 0.29) is 5.56 Å². The Morgan fingerprint density at radius 2 is 1.71 bits per heavy atom. The lowest BCUT2D eigenvalue weighted by molar-refractivity contribution is 0.393. The molecule has 0 atom stereocenters. The number of methoxy groups -OCH3 is 2. The largest absolute Gasteiger partial charge is 0.497 e. The van der Waals surface area contributed by atoms with Crippen LogP contribution in [-0.4, -0.2) is 34.0 Å². The van der Waals surface area contributed by atoms with Crippen molar-refractivity contribution in [2.24, 2.45) is 0 Å². The quantitative estimate of drug-likeness (QED) is 0.474. The van der Waals surface area contributed by atoms with Gasteiger partial charge in [0.25, 0.3) is 5.56 Å². The minimum atomic E-state index is -0.161. The number of pyridine rings is 2. The Balaban J connectivity index is 1.76. The van der Waals surface area contributed by atoms with Crippen LogP contribution in [0.25, 0.3) is 27.6 Å². The lowest BCUT2D eigenvalue weighted by atomic mass is 10.1. The molecule has 0 saturated heterocycles. The van der Waals surface area contributed by atoms with Crippen LogP contribution in [0.1, 0.15) is 11.3 Å². The molecular weight excluding hydrogens is 392 g/mol. The number of nitrogens with zero attached hydrogens (tertiary/aromatic N) is 3. The maximum Gasteiger partial charge on any atom is 0.268 e. The fourth-order valence-corrected chi connectivity index (χ4v) is 3.89. The normalized spacial score (nSPS) is 11.2. The van der Waals surface area contributed by atoms with Crippen LogP contribution in [0, 0.1) is 0 Å². The van der Waals surface area contributed by atoms with Gasteiger partial charge in [-0.3, -0.25) is 14.5 Å². The van der Waals surface area contributed by atoms with Crippen molar-refractivity contribution in [3.05, 3.63) is 88.5 Å². The lowest BCUT2D eigenvalue weighted by Gasteiger charge is -2.11. The van der Waals surface area contributed by atoms with Gasteiger partial charge in [-0.05, 0) is 42.0 Å². The van der Waals surface area contributed by atoms with Crippen molar-refractivity contribution in [3.63, 3.8) is 0 Å². The molecule has 0 saturated carbocycles. The Bertz CT molecular complexity index is 1430. The van der Waals surface area contributed by atoms with E-state index in [1.54, 1.807) is 25.0 Å². The molecule has 1 N–H and O–H groups in total. The first-order valence-corrected chi connectivity index (χ1v) is 9.83. The summed E-state index contributed by atoms with van der Waals surface area (Å²) in [5.41, 5.74) is 3.46. The SMILES string of the molecule is COc1cc(Cc2[nH]nc3c2c(=O)n(-c2ccccc2)c2ncccc32)cc(OC)c1. The molecule has 3 aromatic heterocycles. The molecular formula is C24H20N4O3. The summed E-state index contributed by atoms with van der Waals surface area (Å²) in [5.74, 6) is 1.38. The second kappa shape index (κ2) is 7.60. The van der Waals surface area contributed by atoms with Crippen LogP contribution >= 0.6 is 0 Å². The molecule has 0 radical (unpaired) electrons. The van der Waals surface area contributed by atoms with Gasteiger partial charge in [-0.25, -0.2) is 4.98 Å². The Kier molecular flexibility index (Phi) is 4.63. The van der Waals surface area contributed by atoms with E-state index in [9.17, 15) is 4.79 Å². The molecule has 0 aliphatic rings. The number of para-hydroxylation sites is 1. The molecule has 2 aromatic carbocycles. The fourth-order valence-electron chi connectivity index (χ4n) is 3.89. The minimum absolute atomic E-state index is 0.161. The maximum atomic E-state index is 13.7. The van der Waals surface area contributed by atoms with Gasteiger partial charge in [0, 0.05) is 24.1 Å². The summed E-state index contributed by atoms with van der Waals surface area (Å²) in [6.07, 6.45) is 2.16. The number of fused-ring (bicyclic) bond motifs is 3. The van der Waals surface area contributed by atoms with Gasteiger partial charge in [0.05, 0.1) is 31.0 Å². The molecule has 5 rings (SSSR count). The molecule has 0 unspecified atom stereocenters. The molecule has 154 valence electrons. The highest BCUT2D eigenvalue weighted by Crippen LogP contribution is 2.27. The van der Waals surface area contributed by atoms with Crippen LogP contribution in [0.4, 0.5) is 0 Å². The maximum absolute atomic E-state index is 13.7. The van der Waals surface area contributed by atoms with Gasteiger partial charge in [-0.2, -0.15) is 5.10 Å². The molecule has 0 aliphatic carbocycles. The van der Waals surface area contributed by atoms with Crippen LogP contribution in [0.3, 0.4) is 0 Å². The first kappa shape index (κ1) is 18.9. The number of benzene rings is 2. The van der Waals surface area contributed by atoms with Crippen molar-refractivity contribution in [1.29, 1.82) is 0 Å². The summed E-state index contributed by atoms with van der Waals surface area (Å²) in [4.78, 5) is 18.2. The highest BCUT2D eigenvalue weighted by Gasteiger charge is 2.19. The molecule has 7 heteroatoms. The molecule has 3 heterocycles. The van der Waals surface area contributed by atoms with Gasteiger partial charge in [0.2, 0.25) is 0 Å². The summed E-state index contributed by atoms with van der Waals surface area (Å²) in [6, 6.07) is 19.0. The molecule has 0 bridgehead atoms. The van der Waals surface area contributed by atoms with E-state index in [4.69, 9.17) is 9.47 Å². The number of ether oxygens (including phenoxy) is 2. The third-order valence-electron chi connectivity index (χ3n) is 5.32. The van der Waals surface area contributed by atoms with Gasteiger partial charge < -0.3 is 9.47 Å². The molecule has 0 amide bonds. The van der Waals surface area contributed by atoms with Crippen LogP contribution in [0.5, 0.6) is 11.5 Å². The highest BCUT2D eigenvalue weighted by molar-refractivity contribution is 6.03. The first-order valence-electron chi connectivity index (χ1n) is 9.83. The van der Waals surface area contributed by atoms with Crippen LogP contribution in [-0.2, 0) is 6.42 Å². The first-order chi connectivity index (χ1) is 15.2. The third-order valence-corrected chi connectivity index (χ3v) is 5.32. The van der Waals surface area contributed by atoms with Gasteiger partial charge >= 0.3 is 0 Å². The van der Waals surface area contributed by atoms with Crippen molar-refractivity contribution < 1.29 is 9.47 Å². The second-order valence-corrected chi connectivity index (χ2v) is 7.17. The third kappa shape index (κ3) is 3.20. The number of rotatable bonds is 5. The number of hydrogen-bond donors (Lipinski definition) is 1. The van der Waals surface area contributed by atoms with Gasteiger partial charge in [0.15, 0.2) is 0 Å². The van der Waals surface area contributed by atoms with Crippen molar-refractivity contribution in [3.8, 4) is 17.2 Å². The van der Waals surface area contributed by atoms with E-state index in [1.165, 1.54) is 0 Å². The Hall–Kier alpha value is -4.13. The van der Waals surface area contributed by atoms with Crippen LogP contribution in [0.2, 0.25) is 0 Å². The lowest BCUT2D eigenvalue weighted by Crippen LogP contribution is -2.20. The van der Waals surface area contributed by atoms with Crippen LogP contribution < -0.4 is 15.0 Å². The minimum Gasteiger partial charge on any atom is -0.497 e. The number of aromatic amines is 1. The van der Waals surface area contributed by atoms with Gasteiger partial charge in [-0.1, -0.05) is 18.2 Å². The highest BCUT2D eigenvalue weighted by atomic mass is 16.5. The van der Waals surface area contributed by atoms with E-state index in [2.05, 4.69) is 15.2 Å². The number of nitrogens with one attached hydrogen (secondary N) is 1. The monoisotopic (exact) mass is 412 g/mol. The predicted octanol–water partition coefficient (Wildman–Crippen LogP) is 3.87. The standard InChI is InChI=1S/C24H20N4O3/c1-30-17-11-15(12-18(14-17)31-2)13-20-21-22(27-26-20)19-9-6-10-25-23(19)28(24(21)29)16-7-4-3-5-8-16/h3-12,14H,13H2,1-2H3,(H,26,27). The van der Waals surface area contributed by atoms with E-state index < -0.39 is 0 Å². The van der Waals surface area contributed by atoms with E-state index in [0.717, 1.165) is 22.3 Å². The molecule has 5 aromatic rings. The molecule has 0 spiro atoms. The number of aromatic nitrogens is 4. The second-order valence-electron chi connectivity index (χ2n) is 7.17. The average Bonchev–Trinajstić information content (AvgIpc) is 3.23. The summed E-state index contributed by atoms with van der Waals surface area (Å²) in [5, 5.41) is 8.92. The van der Waals surface area contributed by atoms with Crippen molar-refractivity contribution in [2.75, 3.05) is 14.2 Å². The Morgan fingerprint density at radius 1 is 0.968 bits per heavy atom. The average molecular weight is 412 g/mol. The zero-order chi connectivity index (χ0) is 21.4. The summed E-state index contributed by atoms with van der Waals surface area (Å²) in [7, 11) is 3.23. The zero-order valence-corrected chi connectivity index (χ0v) is 17.1.